The number of carbonyl (C=O) groups is 1. The van der Waals surface area contributed by atoms with Crippen molar-refractivity contribution in [2.75, 3.05) is 0 Å². The van der Waals surface area contributed by atoms with Crippen molar-refractivity contribution >= 4 is 36.7 Å². The summed E-state index contributed by atoms with van der Waals surface area (Å²) in [7, 11) is 1.19. The van der Waals surface area contributed by atoms with Crippen molar-refractivity contribution in [3.8, 4) is 0 Å². The molecule has 0 spiro atoms. The number of rotatable bonds is 2. The van der Waals surface area contributed by atoms with Crippen molar-refractivity contribution in [2.45, 2.75) is 12.5 Å². The topological polar surface area (TPSA) is 67.3 Å². The molecule has 0 bridgehead atoms. The summed E-state index contributed by atoms with van der Waals surface area (Å²) in [5, 5.41) is 0.956. The van der Waals surface area contributed by atoms with Crippen molar-refractivity contribution in [3.05, 3.63) is 42.1 Å². The first-order valence-electron chi connectivity index (χ1n) is 5.59. The number of aromatic nitrogens is 1. The van der Waals surface area contributed by atoms with Crippen LogP contribution in [0.5, 0.6) is 0 Å². The van der Waals surface area contributed by atoms with Crippen LogP contribution in [0.15, 0.2) is 36.4 Å². The number of benzene rings is 1. The number of para-hydroxylation sites is 1. The number of halogens is 1. The molecule has 1 aliphatic rings. The molecule has 1 aromatic carbocycles. The Morgan fingerprint density at radius 1 is 1.21 bits per heavy atom. The van der Waals surface area contributed by atoms with Gasteiger partial charge in [0, 0.05) is 16.1 Å². The molecule has 2 aromatic rings. The fourth-order valence-corrected chi connectivity index (χ4v) is 3.49. The average molecular weight is 297 g/mol. The van der Waals surface area contributed by atoms with Crippen molar-refractivity contribution in [1.29, 1.82) is 0 Å². The molecule has 2 heterocycles. The van der Waals surface area contributed by atoms with Gasteiger partial charge in [0.2, 0.25) is 5.91 Å². The van der Waals surface area contributed by atoms with Crippen LogP contribution in [0.3, 0.4) is 0 Å². The van der Waals surface area contributed by atoms with Crippen LogP contribution in [0, 0.1) is 0 Å². The summed E-state index contributed by atoms with van der Waals surface area (Å²) in [6, 6.07) is 10.5. The SMILES string of the molecule is O=C1CC(c2ccc3ccccc3n2)N1S(=O)(=O)Cl. The molecule has 7 heteroatoms. The Kier molecular flexibility index (Phi) is 2.72. The molecule has 0 saturated carbocycles. The molecule has 5 nitrogen and oxygen atoms in total. The predicted octanol–water partition coefficient (Wildman–Crippen LogP) is 1.99. The molecule has 1 aliphatic heterocycles. The Bertz CT molecular complexity index is 775. The fourth-order valence-electron chi connectivity index (χ4n) is 2.17. The highest BCUT2D eigenvalue weighted by molar-refractivity contribution is 8.12. The standard InChI is InChI=1S/C12H9ClN2O3S/c13-19(17,18)15-11(7-12(15)16)10-6-5-8-3-1-2-4-9(8)14-10/h1-6,11H,7H2. The van der Waals surface area contributed by atoms with Crippen LogP contribution < -0.4 is 0 Å². The molecule has 1 aromatic heterocycles. The smallest absolute Gasteiger partial charge is 0.274 e. The number of fused-ring (bicyclic) bond motifs is 1. The zero-order chi connectivity index (χ0) is 13.6. The predicted molar refractivity (Wildman–Crippen MR) is 70.7 cm³/mol. The second-order valence-electron chi connectivity index (χ2n) is 4.28. The number of carbonyl (C=O) groups excluding carboxylic acids is 1. The Morgan fingerprint density at radius 2 is 1.95 bits per heavy atom. The van der Waals surface area contributed by atoms with E-state index in [4.69, 9.17) is 10.7 Å². The fraction of sp³-hybridized carbons (Fsp3) is 0.167. The van der Waals surface area contributed by atoms with Crippen molar-refractivity contribution < 1.29 is 13.2 Å². The van der Waals surface area contributed by atoms with E-state index in [1.165, 1.54) is 0 Å². The highest BCUT2D eigenvalue weighted by atomic mass is 35.7. The Hall–Kier alpha value is -1.66. The summed E-state index contributed by atoms with van der Waals surface area (Å²) in [6.07, 6.45) is 0.108. The minimum Gasteiger partial charge on any atom is -0.274 e. The first-order valence-corrected chi connectivity index (χ1v) is 7.86. The molecule has 0 aliphatic carbocycles. The molecular weight excluding hydrogens is 288 g/mol. The van der Waals surface area contributed by atoms with Gasteiger partial charge in [-0.15, -0.1) is 0 Å². The minimum absolute atomic E-state index is 0.108. The quantitative estimate of drug-likeness (QED) is 0.628. The first kappa shape index (κ1) is 12.4. The third-order valence-electron chi connectivity index (χ3n) is 3.09. The molecule has 3 rings (SSSR count). The third kappa shape index (κ3) is 2.06. The van der Waals surface area contributed by atoms with Gasteiger partial charge in [-0.2, -0.15) is 8.42 Å². The maximum Gasteiger partial charge on any atom is 0.324 e. The monoisotopic (exact) mass is 296 g/mol. The molecule has 1 unspecified atom stereocenters. The summed E-state index contributed by atoms with van der Waals surface area (Å²) in [6.45, 7) is 0. The number of hydrogen-bond donors (Lipinski definition) is 0. The molecule has 1 saturated heterocycles. The van der Waals surface area contributed by atoms with Gasteiger partial charge in [0.1, 0.15) is 0 Å². The maximum atomic E-state index is 11.4. The van der Waals surface area contributed by atoms with Crippen molar-refractivity contribution in [2.24, 2.45) is 0 Å². The summed E-state index contributed by atoms with van der Waals surface area (Å²) in [4.78, 5) is 15.7. The van der Waals surface area contributed by atoms with Gasteiger partial charge < -0.3 is 0 Å². The highest BCUT2D eigenvalue weighted by Gasteiger charge is 2.45. The van der Waals surface area contributed by atoms with E-state index in [0.29, 0.717) is 10.00 Å². The van der Waals surface area contributed by atoms with Gasteiger partial charge in [0.15, 0.2) is 0 Å². The van der Waals surface area contributed by atoms with Gasteiger partial charge in [-0.3, -0.25) is 9.78 Å². The molecule has 0 radical (unpaired) electrons. The van der Waals surface area contributed by atoms with E-state index in [1.807, 2.05) is 30.3 Å². The van der Waals surface area contributed by atoms with E-state index >= 15 is 0 Å². The number of hydrogen-bond acceptors (Lipinski definition) is 4. The van der Waals surface area contributed by atoms with E-state index < -0.39 is 21.2 Å². The van der Waals surface area contributed by atoms with Gasteiger partial charge in [-0.1, -0.05) is 24.3 Å². The Balaban J connectivity index is 2.03. The van der Waals surface area contributed by atoms with Crippen LogP contribution in [0.4, 0.5) is 0 Å². The van der Waals surface area contributed by atoms with Crippen LogP contribution >= 0.6 is 10.7 Å². The van der Waals surface area contributed by atoms with Gasteiger partial charge in [0.25, 0.3) is 0 Å². The number of β-lactam (4-membered cyclic amide) rings is 1. The minimum atomic E-state index is -4.05. The van der Waals surface area contributed by atoms with Crippen LogP contribution in [-0.2, 0) is 14.0 Å². The lowest BCUT2D eigenvalue weighted by atomic mass is 10.0. The molecule has 1 amide bonds. The Morgan fingerprint density at radius 3 is 2.63 bits per heavy atom. The zero-order valence-electron chi connectivity index (χ0n) is 9.65. The number of amides is 1. The second kappa shape index (κ2) is 4.18. The summed E-state index contributed by atoms with van der Waals surface area (Å²) >= 11 is 0. The largest absolute Gasteiger partial charge is 0.324 e. The van der Waals surface area contributed by atoms with Gasteiger partial charge >= 0.3 is 9.24 Å². The summed E-state index contributed by atoms with van der Waals surface area (Å²) in [5.41, 5.74) is 1.29. The van der Waals surface area contributed by atoms with E-state index in [9.17, 15) is 13.2 Å². The molecule has 98 valence electrons. The lowest BCUT2D eigenvalue weighted by Gasteiger charge is -2.36. The second-order valence-corrected chi connectivity index (χ2v) is 6.67. The van der Waals surface area contributed by atoms with Gasteiger partial charge in [0.05, 0.1) is 23.7 Å². The average Bonchev–Trinajstić information content (AvgIpc) is 2.33. The van der Waals surface area contributed by atoms with Crippen LogP contribution in [0.1, 0.15) is 18.2 Å². The van der Waals surface area contributed by atoms with Gasteiger partial charge in [-0.05, 0) is 12.1 Å². The van der Waals surface area contributed by atoms with E-state index in [1.54, 1.807) is 6.07 Å². The van der Waals surface area contributed by atoms with E-state index in [0.717, 1.165) is 10.9 Å². The third-order valence-corrected chi connectivity index (χ3v) is 4.47. The maximum absolute atomic E-state index is 11.4. The van der Waals surface area contributed by atoms with Crippen LogP contribution in [0.2, 0.25) is 0 Å². The normalized spacial score (nSPS) is 19.5. The number of pyridine rings is 1. The van der Waals surface area contributed by atoms with Gasteiger partial charge in [-0.25, -0.2) is 4.31 Å². The molecule has 1 fully saturated rings. The van der Waals surface area contributed by atoms with Crippen LogP contribution in [0.25, 0.3) is 10.9 Å². The Labute approximate surface area is 114 Å². The lowest BCUT2D eigenvalue weighted by molar-refractivity contribution is -0.137. The molecule has 19 heavy (non-hydrogen) atoms. The number of nitrogens with zero attached hydrogens (tertiary/aromatic N) is 2. The van der Waals surface area contributed by atoms with E-state index in [2.05, 4.69) is 4.98 Å². The molecule has 1 atom stereocenters. The van der Waals surface area contributed by atoms with Crippen molar-refractivity contribution in [3.63, 3.8) is 0 Å². The summed E-state index contributed by atoms with van der Waals surface area (Å²) in [5.74, 6) is -0.505. The zero-order valence-corrected chi connectivity index (χ0v) is 11.2. The lowest BCUT2D eigenvalue weighted by Crippen LogP contribution is -2.48. The first-order chi connectivity index (χ1) is 8.97. The van der Waals surface area contributed by atoms with Crippen molar-refractivity contribution in [1.82, 2.24) is 9.29 Å². The highest BCUT2D eigenvalue weighted by Crippen LogP contribution is 2.37. The van der Waals surface area contributed by atoms with Crippen LogP contribution in [-0.4, -0.2) is 23.6 Å². The molecule has 0 N–H and O–H groups in total. The summed E-state index contributed by atoms with van der Waals surface area (Å²) < 4.78 is 23.3. The van der Waals surface area contributed by atoms with E-state index in [-0.39, 0.29) is 6.42 Å². The molecular formula is C12H9ClN2O3S.